The lowest BCUT2D eigenvalue weighted by Gasteiger charge is -2.34. The number of hydrogen-bond donors (Lipinski definition) is 2. The molecular weight excluding hydrogens is 288 g/mol. The van der Waals surface area contributed by atoms with Crippen molar-refractivity contribution in [3.05, 3.63) is 29.8 Å². The molecular formula is C18H30N4O. The van der Waals surface area contributed by atoms with E-state index in [-0.39, 0.29) is 0 Å². The Morgan fingerprint density at radius 1 is 1.35 bits per heavy atom. The molecule has 1 aliphatic heterocycles. The fraction of sp³-hybridized carbons (Fsp3) is 0.611. The first-order valence-corrected chi connectivity index (χ1v) is 8.50. The second kappa shape index (κ2) is 8.89. The molecule has 1 fully saturated rings. The second-order valence-electron chi connectivity index (χ2n) is 6.65. The van der Waals surface area contributed by atoms with Gasteiger partial charge in [-0.1, -0.05) is 26.0 Å². The lowest BCUT2D eigenvalue weighted by molar-refractivity contribution is 0.0143. The number of nitrogens with one attached hydrogen (secondary N) is 1. The molecule has 2 rings (SSSR count). The molecule has 0 radical (unpaired) electrons. The number of aryl methyl sites for hydroxylation is 1. The number of anilines is 1. The Labute approximate surface area is 139 Å². The quantitative estimate of drug-likeness (QED) is 0.625. The third-order valence-corrected chi connectivity index (χ3v) is 4.07. The average Bonchev–Trinajstić information content (AvgIpc) is 2.52. The third kappa shape index (κ3) is 6.20. The number of nitrogens with two attached hydrogens (primary N) is 1. The van der Waals surface area contributed by atoms with E-state index in [4.69, 9.17) is 10.5 Å². The minimum Gasteiger partial charge on any atom is -0.379 e. The lowest BCUT2D eigenvalue weighted by Crippen LogP contribution is -2.45. The number of guanidine groups is 1. The number of ether oxygens (including phenoxy) is 1. The molecule has 1 aromatic rings. The SMILES string of the molecule is Cc1cccc(NC(N)=NCC(CC(C)C)N2CCOCC2)c1. The van der Waals surface area contributed by atoms with Gasteiger partial charge in [0.2, 0.25) is 0 Å². The molecule has 23 heavy (non-hydrogen) atoms. The van der Waals surface area contributed by atoms with Crippen LogP contribution in [-0.2, 0) is 4.74 Å². The molecule has 1 aliphatic rings. The van der Waals surface area contributed by atoms with Crippen molar-refractivity contribution in [3.8, 4) is 0 Å². The van der Waals surface area contributed by atoms with Crippen LogP contribution in [0.3, 0.4) is 0 Å². The van der Waals surface area contributed by atoms with E-state index in [1.807, 2.05) is 12.1 Å². The number of morpholine rings is 1. The van der Waals surface area contributed by atoms with Crippen molar-refractivity contribution >= 4 is 11.6 Å². The van der Waals surface area contributed by atoms with Gasteiger partial charge in [0.15, 0.2) is 5.96 Å². The average molecular weight is 318 g/mol. The molecule has 128 valence electrons. The zero-order valence-electron chi connectivity index (χ0n) is 14.6. The second-order valence-corrected chi connectivity index (χ2v) is 6.65. The summed E-state index contributed by atoms with van der Waals surface area (Å²) in [5.41, 5.74) is 8.25. The van der Waals surface area contributed by atoms with Crippen LogP contribution in [0.15, 0.2) is 29.3 Å². The first kappa shape index (κ1) is 17.8. The van der Waals surface area contributed by atoms with E-state index in [0.29, 0.717) is 17.9 Å². The van der Waals surface area contributed by atoms with Crippen molar-refractivity contribution in [1.82, 2.24) is 4.90 Å². The monoisotopic (exact) mass is 318 g/mol. The smallest absolute Gasteiger partial charge is 0.193 e. The van der Waals surface area contributed by atoms with Crippen molar-refractivity contribution in [2.24, 2.45) is 16.6 Å². The summed E-state index contributed by atoms with van der Waals surface area (Å²) < 4.78 is 5.46. The highest BCUT2D eigenvalue weighted by Gasteiger charge is 2.21. The maximum absolute atomic E-state index is 6.06. The normalized spacial score (nSPS) is 18.2. The molecule has 0 amide bonds. The predicted molar refractivity (Wildman–Crippen MR) is 96.9 cm³/mol. The highest BCUT2D eigenvalue weighted by molar-refractivity contribution is 5.92. The molecule has 0 bridgehead atoms. The van der Waals surface area contributed by atoms with Gasteiger partial charge in [0.25, 0.3) is 0 Å². The Morgan fingerprint density at radius 2 is 2.09 bits per heavy atom. The lowest BCUT2D eigenvalue weighted by atomic mass is 10.0. The zero-order chi connectivity index (χ0) is 16.7. The predicted octanol–water partition coefficient (Wildman–Crippen LogP) is 2.47. The van der Waals surface area contributed by atoms with E-state index in [2.05, 4.69) is 48.1 Å². The minimum atomic E-state index is 0.428. The van der Waals surface area contributed by atoms with E-state index in [1.165, 1.54) is 5.56 Å². The highest BCUT2D eigenvalue weighted by Crippen LogP contribution is 2.14. The zero-order valence-corrected chi connectivity index (χ0v) is 14.6. The molecule has 0 spiro atoms. The molecule has 1 unspecified atom stereocenters. The van der Waals surface area contributed by atoms with Gasteiger partial charge < -0.3 is 15.8 Å². The maximum Gasteiger partial charge on any atom is 0.193 e. The Bertz CT molecular complexity index is 509. The van der Waals surface area contributed by atoms with Gasteiger partial charge in [-0.15, -0.1) is 0 Å². The van der Waals surface area contributed by atoms with Crippen LogP contribution in [-0.4, -0.2) is 49.7 Å². The number of benzene rings is 1. The van der Waals surface area contributed by atoms with Gasteiger partial charge in [-0.3, -0.25) is 9.89 Å². The largest absolute Gasteiger partial charge is 0.379 e. The van der Waals surface area contributed by atoms with E-state index >= 15 is 0 Å². The number of hydrogen-bond acceptors (Lipinski definition) is 3. The number of nitrogens with zero attached hydrogens (tertiary/aromatic N) is 2. The summed E-state index contributed by atoms with van der Waals surface area (Å²) in [7, 11) is 0. The van der Waals surface area contributed by atoms with E-state index < -0.39 is 0 Å². The Morgan fingerprint density at radius 3 is 2.74 bits per heavy atom. The molecule has 5 heteroatoms. The van der Waals surface area contributed by atoms with Gasteiger partial charge in [0.05, 0.1) is 19.8 Å². The van der Waals surface area contributed by atoms with Crippen LogP contribution < -0.4 is 11.1 Å². The Balaban J connectivity index is 1.94. The first-order chi connectivity index (χ1) is 11.0. The minimum absolute atomic E-state index is 0.428. The molecule has 0 saturated carbocycles. The molecule has 1 saturated heterocycles. The van der Waals surface area contributed by atoms with Gasteiger partial charge in [-0.2, -0.15) is 0 Å². The maximum atomic E-state index is 6.06. The number of rotatable bonds is 6. The summed E-state index contributed by atoms with van der Waals surface area (Å²) >= 11 is 0. The fourth-order valence-corrected chi connectivity index (χ4v) is 2.94. The summed E-state index contributed by atoms with van der Waals surface area (Å²) in [6, 6.07) is 8.58. The highest BCUT2D eigenvalue weighted by atomic mass is 16.5. The van der Waals surface area contributed by atoms with Crippen molar-refractivity contribution in [2.45, 2.75) is 33.2 Å². The molecule has 1 atom stereocenters. The van der Waals surface area contributed by atoms with Gasteiger partial charge in [0, 0.05) is 24.8 Å². The van der Waals surface area contributed by atoms with Gasteiger partial charge in [-0.25, -0.2) is 0 Å². The summed E-state index contributed by atoms with van der Waals surface area (Å²) in [4.78, 5) is 7.06. The van der Waals surface area contributed by atoms with Crippen LogP contribution >= 0.6 is 0 Å². The summed E-state index contributed by atoms with van der Waals surface area (Å²) in [6.45, 7) is 10.9. The van der Waals surface area contributed by atoms with E-state index in [1.54, 1.807) is 0 Å². The first-order valence-electron chi connectivity index (χ1n) is 8.50. The molecule has 3 N–H and O–H groups in total. The molecule has 1 heterocycles. The van der Waals surface area contributed by atoms with Gasteiger partial charge in [0.1, 0.15) is 0 Å². The van der Waals surface area contributed by atoms with Crippen LogP contribution in [0.5, 0.6) is 0 Å². The van der Waals surface area contributed by atoms with Crippen LogP contribution in [0.25, 0.3) is 0 Å². The van der Waals surface area contributed by atoms with Crippen molar-refractivity contribution in [3.63, 3.8) is 0 Å². The Hall–Kier alpha value is -1.59. The van der Waals surface area contributed by atoms with E-state index in [0.717, 1.165) is 45.0 Å². The topological polar surface area (TPSA) is 62.9 Å². The molecule has 1 aromatic carbocycles. The third-order valence-electron chi connectivity index (χ3n) is 4.07. The summed E-state index contributed by atoms with van der Waals surface area (Å²) in [5, 5.41) is 3.18. The van der Waals surface area contributed by atoms with Crippen LogP contribution in [0.1, 0.15) is 25.8 Å². The van der Waals surface area contributed by atoms with Crippen molar-refractivity contribution in [2.75, 3.05) is 38.2 Å². The molecule has 0 aliphatic carbocycles. The van der Waals surface area contributed by atoms with Crippen LogP contribution in [0.2, 0.25) is 0 Å². The molecule has 5 nitrogen and oxygen atoms in total. The Kier molecular flexibility index (Phi) is 6.86. The van der Waals surface area contributed by atoms with Crippen molar-refractivity contribution < 1.29 is 4.74 Å². The summed E-state index contributed by atoms with van der Waals surface area (Å²) in [6.07, 6.45) is 1.13. The standard InChI is InChI=1S/C18H30N4O/c1-14(2)11-17(22-7-9-23-10-8-22)13-20-18(19)21-16-6-4-5-15(3)12-16/h4-6,12,14,17H,7-11,13H2,1-3H3,(H3,19,20,21). The van der Waals surface area contributed by atoms with Crippen LogP contribution in [0, 0.1) is 12.8 Å². The van der Waals surface area contributed by atoms with Crippen molar-refractivity contribution in [1.29, 1.82) is 0 Å². The summed E-state index contributed by atoms with van der Waals surface area (Å²) in [5.74, 6) is 1.13. The van der Waals surface area contributed by atoms with Gasteiger partial charge >= 0.3 is 0 Å². The number of aliphatic imine (C=N–C) groups is 1. The van der Waals surface area contributed by atoms with Gasteiger partial charge in [-0.05, 0) is 37.0 Å². The van der Waals surface area contributed by atoms with Crippen LogP contribution in [0.4, 0.5) is 5.69 Å². The fourth-order valence-electron chi connectivity index (χ4n) is 2.94. The molecule has 0 aromatic heterocycles. The van der Waals surface area contributed by atoms with E-state index in [9.17, 15) is 0 Å².